The molecule has 0 spiro atoms. The summed E-state index contributed by atoms with van der Waals surface area (Å²) in [6, 6.07) is 6.28. The largest absolute Gasteiger partial charge is 0.336 e. The number of carbonyl (C=O) groups is 1. The third-order valence-electron chi connectivity index (χ3n) is 3.24. The summed E-state index contributed by atoms with van der Waals surface area (Å²) in [6.45, 7) is 0.393. The van der Waals surface area contributed by atoms with E-state index in [1.807, 2.05) is 5.38 Å². The summed E-state index contributed by atoms with van der Waals surface area (Å²) < 4.78 is 13.9. The molecule has 22 heavy (non-hydrogen) atoms. The zero-order chi connectivity index (χ0) is 15.5. The molecule has 3 rings (SSSR count). The van der Waals surface area contributed by atoms with Gasteiger partial charge in [0.1, 0.15) is 5.82 Å². The van der Waals surface area contributed by atoms with Crippen molar-refractivity contribution in [3.63, 3.8) is 0 Å². The van der Waals surface area contributed by atoms with Gasteiger partial charge in [-0.2, -0.15) is 5.10 Å². The standard InChI is InChI=1S/C15H13FN4OS/c1-20(7-10-8-22-9-17-10)15(21)12-6-18-19-14(12)11-4-2-3-5-13(11)16/h2-6,8-9H,7H2,1H3,(H,18,19). The van der Waals surface area contributed by atoms with Gasteiger partial charge in [-0.1, -0.05) is 12.1 Å². The van der Waals surface area contributed by atoms with Crippen LogP contribution >= 0.6 is 11.3 Å². The van der Waals surface area contributed by atoms with Gasteiger partial charge in [0.05, 0.1) is 35.2 Å². The molecule has 0 fully saturated rings. The average molecular weight is 316 g/mol. The average Bonchev–Trinajstić information content (AvgIpc) is 3.18. The number of aromatic amines is 1. The van der Waals surface area contributed by atoms with Crippen LogP contribution in [0, 0.1) is 5.82 Å². The summed E-state index contributed by atoms with van der Waals surface area (Å²) >= 11 is 1.48. The first-order valence-electron chi connectivity index (χ1n) is 6.57. The fourth-order valence-corrected chi connectivity index (χ4v) is 2.70. The van der Waals surface area contributed by atoms with Crippen LogP contribution in [0.2, 0.25) is 0 Å². The van der Waals surface area contributed by atoms with Crippen molar-refractivity contribution in [2.75, 3.05) is 7.05 Å². The Morgan fingerprint density at radius 2 is 2.23 bits per heavy atom. The second-order valence-electron chi connectivity index (χ2n) is 4.78. The predicted molar refractivity (Wildman–Crippen MR) is 81.9 cm³/mol. The minimum atomic E-state index is -0.400. The number of hydrogen-bond donors (Lipinski definition) is 1. The van der Waals surface area contributed by atoms with E-state index in [2.05, 4.69) is 15.2 Å². The number of benzene rings is 1. The highest BCUT2D eigenvalue weighted by Gasteiger charge is 2.21. The van der Waals surface area contributed by atoms with Crippen LogP contribution in [0.15, 0.2) is 41.4 Å². The van der Waals surface area contributed by atoms with Crippen molar-refractivity contribution in [2.24, 2.45) is 0 Å². The number of nitrogens with one attached hydrogen (secondary N) is 1. The van der Waals surface area contributed by atoms with Gasteiger partial charge in [0.2, 0.25) is 0 Å². The minimum absolute atomic E-state index is 0.236. The summed E-state index contributed by atoms with van der Waals surface area (Å²) in [6.07, 6.45) is 1.42. The van der Waals surface area contributed by atoms with Gasteiger partial charge in [-0.05, 0) is 12.1 Å². The second-order valence-corrected chi connectivity index (χ2v) is 5.50. The van der Waals surface area contributed by atoms with Crippen molar-refractivity contribution >= 4 is 17.2 Å². The lowest BCUT2D eigenvalue weighted by molar-refractivity contribution is 0.0784. The summed E-state index contributed by atoms with van der Waals surface area (Å²) in [7, 11) is 1.68. The Kier molecular flexibility index (Phi) is 3.97. The Morgan fingerprint density at radius 3 is 2.95 bits per heavy atom. The monoisotopic (exact) mass is 316 g/mol. The fraction of sp³-hybridized carbons (Fsp3) is 0.133. The van der Waals surface area contributed by atoms with Crippen molar-refractivity contribution in [2.45, 2.75) is 6.54 Å². The highest BCUT2D eigenvalue weighted by atomic mass is 32.1. The number of amides is 1. The SMILES string of the molecule is CN(Cc1cscn1)C(=O)c1cn[nH]c1-c1ccccc1F. The Morgan fingerprint density at radius 1 is 1.41 bits per heavy atom. The number of carbonyl (C=O) groups excluding carboxylic acids is 1. The number of hydrogen-bond acceptors (Lipinski definition) is 4. The lowest BCUT2D eigenvalue weighted by atomic mass is 10.1. The van der Waals surface area contributed by atoms with E-state index in [-0.39, 0.29) is 5.91 Å². The van der Waals surface area contributed by atoms with Crippen LogP contribution in [0.3, 0.4) is 0 Å². The number of aromatic nitrogens is 3. The molecule has 7 heteroatoms. The normalized spacial score (nSPS) is 10.6. The van der Waals surface area contributed by atoms with Gasteiger partial charge in [0.25, 0.3) is 5.91 Å². The van der Waals surface area contributed by atoms with E-state index in [1.165, 1.54) is 28.5 Å². The van der Waals surface area contributed by atoms with Crippen LogP contribution in [0.25, 0.3) is 11.3 Å². The molecule has 0 saturated heterocycles. The first-order valence-corrected chi connectivity index (χ1v) is 7.52. The van der Waals surface area contributed by atoms with E-state index in [9.17, 15) is 9.18 Å². The quantitative estimate of drug-likeness (QED) is 0.805. The molecule has 5 nitrogen and oxygen atoms in total. The summed E-state index contributed by atoms with van der Waals surface area (Å²) in [5.74, 6) is -0.636. The maximum absolute atomic E-state index is 13.9. The molecule has 0 aliphatic carbocycles. The van der Waals surface area contributed by atoms with Gasteiger partial charge in [-0.15, -0.1) is 11.3 Å². The number of thiazole rings is 1. The fourth-order valence-electron chi connectivity index (χ4n) is 2.15. The van der Waals surface area contributed by atoms with Crippen molar-refractivity contribution in [1.82, 2.24) is 20.1 Å². The lowest BCUT2D eigenvalue weighted by Gasteiger charge is -2.16. The zero-order valence-electron chi connectivity index (χ0n) is 11.8. The second kappa shape index (κ2) is 6.07. The van der Waals surface area contributed by atoms with E-state index in [4.69, 9.17) is 0 Å². The molecule has 112 valence electrons. The van der Waals surface area contributed by atoms with Gasteiger partial charge in [-0.3, -0.25) is 9.89 Å². The molecule has 0 aliphatic rings. The van der Waals surface area contributed by atoms with Crippen LogP contribution in [0.5, 0.6) is 0 Å². The van der Waals surface area contributed by atoms with E-state index >= 15 is 0 Å². The first kappa shape index (κ1) is 14.4. The number of halogens is 1. The number of nitrogens with zero attached hydrogens (tertiary/aromatic N) is 3. The third-order valence-corrected chi connectivity index (χ3v) is 3.88. The Bertz CT molecular complexity index is 784. The van der Waals surface area contributed by atoms with Gasteiger partial charge < -0.3 is 4.90 Å². The Labute approximate surface area is 130 Å². The number of rotatable bonds is 4. The Balaban J connectivity index is 1.88. The molecular weight excluding hydrogens is 303 g/mol. The van der Waals surface area contributed by atoms with Gasteiger partial charge in [0, 0.05) is 18.0 Å². The van der Waals surface area contributed by atoms with Gasteiger partial charge >= 0.3 is 0 Å². The highest BCUT2D eigenvalue weighted by molar-refractivity contribution is 7.07. The van der Waals surface area contributed by atoms with Crippen molar-refractivity contribution in [3.05, 3.63) is 58.4 Å². The molecular formula is C15H13FN4OS. The minimum Gasteiger partial charge on any atom is -0.336 e. The van der Waals surface area contributed by atoms with E-state index in [1.54, 1.807) is 30.8 Å². The molecule has 1 N–H and O–H groups in total. The number of H-pyrrole nitrogens is 1. The molecule has 0 atom stereocenters. The van der Waals surface area contributed by atoms with Crippen LogP contribution in [0.4, 0.5) is 4.39 Å². The molecule has 0 aliphatic heterocycles. The molecule has 2 aromatic heterocycles. The molecule has 1 amide bonds. The Hall–Kier alpha value is -2.54. The topological polar surface area (TPSA) is 61.9 Å². The van der Waals surface area contributed by atoms with E-state index in [0.29, 0.717) is 23.4 Å². The maximum atomic E-state index is 13.9. The summed E-state index contributed by atoms with van der Waals surface area (Å²) in [5, 5.41) is 8.48. The van der Waals surface area contributed by atoms with Gasteiger partial charge in [0.15, 0.2) is 0 Å². The van der Waals surface area contributed by atoms with Gasteiger partial charge in [-0.25, -0.2) is 9.37 Å². The van der Waals surface area contributed by atoms with Crippen molar-refractivity contribution < 1.29 is 9.18 Å². The molecule has 0 saturated carbocycles. The molecule has 2 heterocycles. The van der Waals surface area contributed by atoms with Crippen LogP contribution in [-0.4, -0.2) is 33.0 Å². The highest BCUT2D eigenvalue weighted by Crippen LogP contribution is 2.25. The van der Waals surface area contributed by atoms with E-state index < -0.39 is 5.82 Å². The van der Waals surface area contributed by atoms with Crippen LogP contribution in [-0.2, 0) is 6.54 Å². The summed E-state index contributed by atoms with van der Waals surface area (Å²) in [5.41, 5.74) is 3.58. The molecule has 0 bridgehead atoms. The lowest BCUT2D eigenvalue weighted by Crippen LogP contribution is -2.26. The maximum Gasteiger partial charge on any atom is 0.257 e. The van der Waals surface area contributed by atoms with Crippen molar-refractivity contribution in [3.8, 4) is 11.3 Å². The zero-order valence-corrected chi connectivity index (χ0v) is 12.6. The van der Waals surface area contributed by atoms with Crippen molar-refractivity contribution in [1.29, 1.82) is 0 Å². The van der Waals surface area contributed by atoms with Crippen LogP contribution < -0.4 is 0 Å². The summed E-state index contributed by atoms with van der Waals surface area (Å²) in [4.78, 5) is 18.2. The molecule has 3 aromatic rings. The van der Waals surface area contributed by atoms with E-state index in [0.717, 1.165) is 5.69 Å². The smallest absolute Gasteiger partial charge is 0.257 e. The molecule has 0 unspecified atom stereocenters. The molecule has 1 aromatic carbocycles. The predicted octanol–water partition coefficient (Wildman–Crippen LogP) is 2.94. The third kappa shape index (κ3) is 2.75. The molecule has 0 radical (unpaired) electrons. The van der Waals surface area contributed by atoms with Crippen LogP contribution in [0.1, 0.15) is 16.1 Å². The first-order chi connectivity index (χ1) is 10.7.